The topological polar surface area (TPSA) is 82.2 Å². The highest BCUT2D eigenvalue weighted by atomic mass is 16.5. The van der Waals surface area contributed by atoms with Gasteiger partial charge in [0.2, 0.25) is 5.91 Å². The Kier molecular flexibility index (Phi) is 3.86. The summed E-state index contributed by atoms with van der Waals surface area (Å²) < 4.78 is 6.93. The fourth-order valence-corrected chi connectivity index (χ4v) is 2.21. The molecule has 100 valence electrons. The molecule has 3 N–H and O–H groups in total. The summed E-state index contributed by atoms with van der Waals surface area (Å²) in [5.74, 6) is 0.978. The number of aryl methyl sites for hydroxylation is 1. The molecule has 2 heterocycles. The molecule has 1 aliphatic heterocycles. The van der Waals surface area contributed by atoms with E-state index in [1.807, 2.05) is 6.92 Å². The maximum absolute atomic E-state index is 12.1. The van der Waals surface area contributed by atoms with Crippen LogP contribution in [0, 0.1) is 11.8 Å². The minimum absolute atomic E-state index is 0.0386. The molecule has 6 nitrogen and oxygen atoms in total. The number of nitrogens with zero attached hydrogens (tertiary/aromatic N) is 2. The van der Waals surface area contributed by atoms with Crippen LogP contribution < -0.4 is 11.1 Å². The van der Waals surface area contributed by atoms with Crippen LogP contribution in [0.2, 0.25) is 0 Å². The average molecular weight is 252 g/mol. The Hall–Kier alpha value is -1.56. The number of hydrogen-bond donors (Lipinski definition) is 2. The van der Waals surface area contributed by atoms with E-state index in [9.17, 15) is 4.79 Å². The number of anilines is 1. The standard InChI is InChI=1S/C12H20N4O2/c1-8-7-18-4-3-10(8)12(17)14-5-9-6-15-16(2)11(9)13/h6,8,10H,3-5,7,13H2,1-2H3,(H,14,17). The molecule has 2 unspecified atom stereocenters. The Morgan fingerprint density at radius 2 is 2.50 bits per heavy atom. The third-order valence-corrected chi connectivity index (χ3v) is 3.50. The molecule has 0 spiro atoms. The Labute approximate surface area is 106 Å². The minimum atomic E-state index is 0.0386. The van der Waals surface area contributed by atoms with Crippen molar-refractivity contribution in [2.45, 2.75) is 19.9 Å². The second-order valence-corrected chi connectivity index (χ2v) is 4.84. The maximum atomic E-state index is 12.1. The van der Waals surface area contributed by atoms with Gasteiger partial charge in [0.25, 0.3) is 0 Å². The van der Waals surface area contributed by atoms with Gasteiger partial charge in [0.1, 0.15) is 5.82 Å². The molecular formula is C12H20N4O2. The van der Waals surface area contributed by atoms with Gasteiger partial charge in [0, 0.05) is 38.3 Å². The van der Waals surface area contributed by atoms with Crippen LogP contribution >= 0.6 is 0 Å². The number of ether oxygens (including phenoxy) is 1. The van der Waals surface area contributed by atoms with Gasteiger partial charge in [-0.25, -0.2) is 0 Å². The first-order valence-corrected chi connectivity index (χ1v) is 6.21. The van der Waals surface area contributed by atoms with Gasteiger partial charge in [-0.2, -0.15) is 5.10 Å². The van der Waals surface area contributed by atoms with Crippen molar-refractivity contribution in [2.24, 2.45) is 18.9 Å². The molecular weight excluding hydrogens is 232 g/mol. The van der Waals surface area contributed by atoms with Gasteiger partial charge >= 0.3 is 0 Å². The van der Waals surface area contributed by atoms with Crippen molar-refractivity contribution in [2.75, 3.05) is 18.9 Å². The molecule has 2 rings (SSSR count). The average Bonchev–Trinajstić information content (AvgIpc) is 2.68. The van der Waals surface area contributed by atoms with Gasteiger partial charge in [-0.3, -0.25) is 9.48 Å². The Morgan fingerprint density at radius 1 is 1.72 bits per heavy atom. The van der Waals surface area contributed by atoms with Crippen LogP contribution in [0.5, 0.6) is 0 Å². The first kappa shape index (κ1) is 12.9. The van der Waals surface area contributed by atoms with E-state index in [0.717, 1.165) is 12.0 Å². The van der Waals surface area contributed by atoms with Gasteiger partial charge in [-0.1, -0.05) is 6.92 Å². The molecule has 1 fully saturated rings. The molecule has 6 heteroatoms. The molecule has 1 amide bonds. The normalized spacial score (nSPS) is 23.9. The number of nitrogens with two attached hydrogens (primary N) is 1. The fraction of sp³-hybridized carbons (Fsp3) is 0.667. The third-order valence-electron chi connectivity index (χ3n) is 3.50. The van der Waals surface area contributed by atoms with Crippen LogP contribution in [0.15, 0.2) is 6.20 Å². The van der Waals surface area contributed by atoms with Crippen LogP contribution in [0.3, 0.4) is 0 Å². The molecule has 1 aromatic heterocycles. The highest BCUT2D eigenvalue weighted by Gasteiger charge is 2.28. The second kappa shape index (κ2) is 5.39. The molecule has 0 bridgehead atoms. The lowest BCUT2D eigenvalue weighted by Crippen LogP contribution is -2.38. The zero-order chi connectivity index (χ0) is 13.1. The van der Waals surface area contributed by atoms with Crippen LogP contribution in [0.4, 0.5) is 5.82 Å². The summed E-state index contributed by atoms with van der Waals surface area (Å²) in [5, 5.41) is 6.97. The molecule has 1 aliphatic rings. The van der Waals surface area contributed by atoms with Crippen molar-refractivity contribution in [3.8, 4) is 0 Å². The van der Waals surface area contributed by atoms with Crippen molar-refractivity contribution >= 4 is 11.7 Å². The SMILES string of the molecule is CC1COCCC1C(=O)NCc1cnn(C)c1N. The molecule has 2 atom stereocenters. The van der Waals surface area contributed by atoms with Crippen molar-refractivity contribution in [3.63, 3.8) is 0 Å². The predicted molar refractivity (Wildman–Crippen MR) is 67.6 cm³/mol. The van der Waals surface area contributed by atoms with E-state index in [2.05, 4.69) is 10.4 Å². The summed E-state index contributed by atoms with van der Waals surface area (Å²) in [6.45, 7) is 3.80. The Bertz CT molecular complexity index is 430. The second-order valence-electron chi connectivity index (χ2n) is 4.84. The lowest BCUT2D eigenvalue weighted by atomic mass is 9.89. The van der Waals surface area contributed by atoms with E-state index in [4.69, 9.17) is 10.5 Å². The monoisotopic (exact) mass is 252 g/mol. The molecule has 0 saturated carbocycles. The Morgan fingerprint density at radius 3 is 3.11 bits per heavy atom. The van der Waals surface area contributed by atoms with Crippen LogP contribution in [-0.2, 0) is 23.1 Å². The minimum Gasteiger partial charge on any atom is -0.384 e. The summed E-state index contributed by atoms with van der Waals surface area (Å²) in [6.07, 6.45) is 2.47. The van der Waals surface area contributed by atoms with Crippen LogP contribution in [-0.4, -0.2) is 28.9 Å². The van der Waals surface area contributed by atoms with E-state index < -0.39 is 0 Å². The number of carbonyl (C=O) groups is 1. The molecule has 1 saturated heterocycles. The van der Waals surface area contributed by atoms with Crippen LogP contribution in [0.25, 0.3) is 0 Å². The largest absolute Gasteiger partial charge is 0.384 e. The quantitative estimate of drug-likeness (QED) is 0.810. The summed E-state index contributed by atoms with van der Waals surface area (Å²) >= 11 is 0. The number of amides is 1. The summed E-state index contributed by atoms with van der Waals surface area (Å²) in [7, 11) is 1.78. The molecule has 18 heavy (non-hydrogen) atoms. The van der Waals surface area contributed by atoms with Gasteiger partial charge < -0.3 is 15.8 Å². The first-order chi connectivity index (χ1) is 8.59. The highest BCUT2D eigenvalue weighted by molar-refractivity contribution is 5.79. The van der Waals surface area contributed by atoms with E-state index in [0.29, 0.717) is 25.6 Å². The summed E-state index contributed by atoms with van der Waals surface area (Å²) in [6, 6.07) is 0. The number of rotatable bonds is 3. The lowest BCUT2D eigenvalue weighted by Gasteiger charge is -2.27. The first-order valence-electron chi connectivity index (χ1n) is 6.21. The van der Waals surface area contributed by atoms with E-state index in [1.54, 1.807) is 17.9 Å². The zero-order valence-corrected chi connectivity index (χ0v) is 10.8. The smallest absolute Gasteiger partial charge is 0.223 e. The molecule has 0 aliphatic carbocycles. The number of aromatic nitrogens is 2. The summed E-state index contributed by atoms with van der Waals surface area (Å²) in [4.78, 5) is 12.1. The molecule has 1 aromatic rings. The van der Waals surface area contributed by atoms with Crippen LogP contribution in [0.1, 0.15) is 18.9 Å². The number of hydrogen-bond acceptors (Lipinski definition) is 4. The van der Waals surface area contributed by atoms with E-state index in [1.165, 1.54) is 0 Å². The predicted octanol–water partition coefficient (Wildman–Crippen LogP) is 0.291. The van der Waals surface area contributed by atoms with Crippen molar-refractivity contribution < 1.29 is 9.53 Å². The number of carbonyl (C=O) groups excluding carboxylic acids is 1. The van der Waals surface area contributed by atoms with Gasteiger partial charge in [0.15, 0.2) is 0 Å². The van der Waals surface area contributed by atoms with Gasteiger partial charge in [-0.15, -0.1) is 0 Å². The third kappa shape index (κ3) is 2.64. The van der Waals surface area contributed by atoms with E-state index >= 15 is 0 Å². The van der Waals surface area contributed by atoms with Crippen molar-refractivity contribution in [3.05, 3.63) is 11.8 Å². The fourth-order valence-electron chi connectivity index (χ4n) is 2.21. The Balaban J connectivity index is 1.90. The molecule has 0 radical (unpaired) electrons. The highest BCUT2D eigenvalue weighted by Crippen LogP contribution is 2.21. The van der Waals surface area contributed by atoms with Gasteiger partial charge in [-0.05, 0) is 12.3 Å². The van der Waals surface area contributed by atoms with E-state index in [-0.39, 0.29) is 17.7 Å². The summed E-state index contributed by atoms with van der Waals surface area (Å²) in [5.41, 5.74) is 6.68. The van der Waals surface area contributed by atoms with Crippen molar-refractivity contribution in [1.82, 2.24) is 15.1 Å². The maximum Gasteiger partial charge on any atom is 0.223 e. The number of nitrogen functional groups attached to an aromatic ring is 1. The van der Waals surface area contributed by atoms with Gasteiger partial charge in [0.05, 0.1) is 6.20 Å². The number of nitrogens with one attached hydrogen (secondary N) is 1. The zero-order valence-electron chi connectivity index (χ0n) is 10.8. The molecule has 0 aromatic carbocycles. The lowest BCUT2D eigenvalue weighted by molar-refractivity contribution is -0.130. The van der Waals surface area contributed by atoms with Crippen molar-refractivity contribution in [1.29, 1.82) is 0 Å².